The van der Waals surface area contributed by atoms with Crippen molar-refractivity contribution in [1.29, 1.82) is 0 Å². The predicted octanol–water partition coefficient (Wildman–Crippen LogP) is 10.5. The topological polar surface area (TPSA) is 473 Å². The summed E-state index contributed by atoms with van der Waals surface area (Å²) in [5.74, 6) is -6.42. The highest BCUT2D eigenvalue weighted by Crippen LogP contribution is 2.66. The number of carbonyl (C=O) groups is 18. The molecule has 9 aliphatic heterocycles. The lowest BCUT2D eigenvalue weighted by molar-refractivity contribution is -0.220. The fourth-order valence-corrected chi connectivity index (χ4v) is 23.9. The third-order valence-corrected chi connectivity index (χ3v) is 31.7. The van der Waals surface area contributed by atoms with Gasteiger partial charge in [-0.1, -0.05) is 53.0 Å². The molecule has 9 saturated heterocycles. The maximum absolute atomic E-state index is 12.5. The third-order valence-electron chi connectivity index (χ3n) is 31.7. The van der Waals surface area contributed by atoms with Crippen molar-refractivity contribution in [1.82, 2.24) is 0 Å². The Bertz CT molecular complexity index is 5140. The number of ether oxygens (including phenoxy) is 18. The van der Waals surface area contributed by atoms with Crippen LogP contribution in [0.2, 0.25) is 0 Å². The average molecular weight is 1930 g/mol. The summed E-state index contributed by atoms with van der Waals surface area (Å²) in [6.07, 6.45) is 9.77. The van der Waals surface area contributed by atoms with E-state index < -0.39 is 129 Å². The van der Waals surface area contributed by atoms with Crippen LogP contribution in [0.1, 0.15) is 234 Å². The molecule has 0 aromatic carbocycles. The van der Waals surface area contributed by atoms with Crippen molar-refractivity contribution in [2.75, 3.05) is 0 Å². The van der Waals surface area contributed by atoms with Crippen LogP contribution in [0.15, 0.2) is 85.6 Å². The van der Waals surface area contributed by atoms with Gasteiger partial charge in [-0.25, -0.2) is 52.7 Å². The van der Waals surface area contributed by atoms with Crippen LogP contribution in [0.3, 0.4) is 0 Å². The standard InChI is InChI=1S/3C17H22O6.C16H20O6.C13H16O4.C12H16O4.C10H12O4/c1-8(2)13(18)23-16(3,4)15(20)22-12-11-9-6-17(12,5)7-10(9)14(19)21-11;1-8(2)13(18)22-16(3,4)15(20)23-17(5)9-6-10-11(7-9)14(19)21-12(10)17;1-8(2)13(18)22-16(3,4)15(20)21-12-9-6-10-11(7-9)17(12,5)23-14(10)19;1-7(2)13(17)22-16(3,4)15(19)21-11-8-5-9-10(6-8)14(18)20-12(9)11;1-6(2)11(14)16-10-8-4-7-5-9(8)12(15)17-13(7,10)3;1-7(2)10(13)15-9-6-8-4-5-12(9,3)16-11(8)14;1-2-9(11)13-7-4-3-6-5-8(7)14-10(6)12/h3*9-12H,1,6-7H2,2-5H3;8-12H,1,5-6H2,2-4H3;7-10H,1,4-5H2,2-3H3;8-9H,1,4-6H2,2-3H3;2,6-8H,1,3-5H2. The first-order chi connectivity index (χ1) is 63.9. The van der Waals surface area contributed by atoms with Gasteiger partial charge >= 0.3 is 107 Å². The highest BCUT2D eigenvalue weighted by Gasteiger charge is 2.74. The fourth-order valence-electron chi connectivity index (χ4n) is 23.9. The third kappa shape index (κ3) is 19.6. The van der Waals surface area contributed by atoms with Gasteiger partial charge in [0.1, 0.15) is 83.4 Å². The summed E-state index contributed by atoms with van der Waals surface area (Å²) < 4.78 is 96.7. The Hall–Kier alpha value is -11.4. The molecule has 0 N–H and O–H groups in total. The maximum atomic E-state index is 12.5. The summed E-state index contributed by atoms with van der Waals surface area (Å²) in [7, 11) is 0. The lowest BCUT2D eigenvalue weighted by Gasteiger charge is -2.47. The van der Waals surface area contributed by atoms with Crippen LogP contribution in [0.4, 0.5) is 0 Å². The average Bonchev–Trinajstić information content (AvgIpc) is 1.55. The SMILES string of the molecule is C=C(C)C(=O)OC(C)(C)C(=O)OC1(C)C2CC3C(=O)OC1C3C2.C=C(C)C(=O)OC(C)(C)C(=O)OC1C2CC3C(=O)OC1(C)C3C2.C=C(C)C(=O)OC(C)(C)C(=O)OC1C2CC3C(=O)OC1C3C2.C=C(C)C(=O)OC(C)(C)C(=O)OC1C2OC(=O)C3CC1(C)CC32.C=C(C)C(=O)OC1C2CC3CC2C(=O)OC31C.C=C(C)C(=O)OC1CC2CCC1(C)OC2=O.C=CC(=O)OC1CCC2CC1OC2=O. The quantitative estimate of drug-likeness (QED) is 0.0552. The van der Waals surface area contributed by atoms with Gasteiger partial charge in [-0.3, -0.25) is 33.6 Å². The maximum Gasteiger partial charge on any atom is 0.350 e. The zero-order chi connectivity index (χ0) is 102. The van der Waals surface area contributed by atoms with Gasteiger partial charge < -0.3 is 85.3 Å². The van der Waals surface area contributed by atoms with Gasteiger partial charge in [0.2, 0.25) is 22.4 Å². The fraction of sp³-hybridized carbons (Fsp3) is 0.686. The summed E-state index contributed by atoms with van der Waals surface area (Å²) in [4.78, 5) is 212. The summed E-state index contributed by atoms with van der Waals surface area (Å²) in [6.45, 7) is 54.9. The second-order valence-corrected chi connectivity index (χ2v) is 44.0. The summed E-state index contributed by atoms with van der Waals surface area (Å²) in [5, 5.41) is 0. The molecule has 21 rings (SSSR count). The second-order valence-electron chi connectivity index (χ2n) is 44.0. The van der Waals surface area contributed by atoms with Crippen molar-refractivity contribution in [3.05, 3.63) is 85.6 Å². The van der Waals surface area contributed by atoms with Crippen LogP contribution in [0.5, 0.6) is 0 Å². The Kier molecular flexibility index (Phi) is 28.4. The van der Waals surface area contributed by atoms with Gasteiger partial charge in [0, 0.05) is 111 Å². The molecule has 16 bridgehead atoms. The molecular weight excluding hydrogens is 1800 g/mol. The van der Waals surface area contributed by atoms with E-state index in [1.807, 2.05) is 34.6 Å². The number of hydrogen-bond acceptors (Lipinski definition) is 36. The normalized spacial score (nSPS) is 37.8. The molecule has 0 spiro atoms. The summed E-state index contributed by atoms with van der Waals surface area (Å²) in [5.41, 5.74) is -7.17. The minimum Gasteiger partial charge on any atom is -0.458 e. The van der Waals surface area contributed by atoms with E-state index in [4.69, 9.17) is 85.3 Å². The Morgan fingerprint density at radius 3 is 1.39 bits per heavy atom. The molecule has 21 aliphatic rings. The van der Waals surface area contributed by atoms with E-state index in [2.05, 4.69) is 46.1 Å². The zero-order valence-electron chi connectivity index (χ0n) is 82.0. The van der Waals surface area contributed by atoms with Gasteiger partial charge in [0.25, 0.3) is 0 Å². The number of fused-ring (bicyclic) bond motifs is 10. The van der Waals surface area contributed by atoms with Crippen molar-refractivity contribution in [3.63, 3.8) is 0 Å². The minimum absolute atomic E-state index is 0.0266. The molecule has 31 unspecified atom stereocenters. The zero-order valence-corrected chi connectivity index (χ0v) is 82.0. The molecule has 754 valence electrons. The van der Waals surface area contributed by atoms with E-state index in [9.17, 15) is 86.3 Å². The van der Waals surface area contributed by atoms with E-state index in [1.54, 1.807) is 13.8 Å². The van der Waals surface area contributed by atoms with Gasteiger partial charge in [0.05, 0.1) is 41.4 Å². The van der Waals surface area contributed by atoms with E-state index in [0.29, 0.717) is 62.0 Å². The lowest BCUT2D eigenvalue weighted by atomic mass is 9.74. The number of carbonyl (C=O) groups excluding carboxylic acids is 18. The molecule has 36 nitrogen and oxygen atoms in total. The first-order valence-corrected chi connectivity index (χ1v) is 47.4. The minimum atomic E-state index is -1.43. The van der Waals surface area contributed by atoms with Crippen LogP contribution in [-0.2, 0) is 172 Å². The number of esters is 18. The molecule has 0 radical (unpaired) electrons. The van der Waals surface area contributed by atoms with Crippen LogP contribution in [0, 0.1) is 100 Å². The predicted molar refractivity (Wildman–Crippen MR) is 474 cm³/mol. The molecule has 12 saturated carbocycles. The van der Waals surface area contributed by atoms with E-state index in [-0.39, 0.29) is 201 Å². The molecule has 12 aliphatic carbocycles. The van der Waals surface area contributed by atoms with Crippen molar-refractivity contribution < 1.29 is 172 Å². The molecular formula is C102H130O36. The van der Waals surface area contributed by atoms with Gasteiger partial charge in [0.15, 0.2) is 0 Å². The van der Waals surface area contributed by atoms with Crippen molar-refractivity contribution in [2.24, 2.45) is 100 Å². The van der Waals surface area contributed by atoms with E-state index in [0.717, 1.165) is 63.9 Å². The Morgan fingerprint density at radius 2 is 0.848 bits per heavy atom. The summed E-state index contributed by atoms with van der Waals surface area (Å²) in [6, 6.07) is 0. The van der Waals surface area contributed by atoms with E-state index in [1.165, 1.54) is 83.1 Å². The van der Waals surface area contributed by atoms with Crippen molar-refractivity contribution in [3.8, 4) is 0 Å². The molecule has 9 heterocycles. The summed E-state index contributed by atoms with van der Waals surface area (Å²) >= 11 is 0. The van der Waals surface area contributed by atoms with Crippen LogP contribution >= 0.6 is 0 Å². The monoisotopic (exact) mass is 1930 g/mol. The molecule has 31 atom stereocenters. The Labute approximate surface area is 801 Å². The first-order valence-electron chi connectivity index (χ1n) is 47.4. The van der Waals surface area contributed by atoms with Crippen molar-refractivity contribution >= 4 is 107 Å². The number of rotatable bonds is 22. The van der Waals surface area contributed by atoms with E-state index >= 15 is 0 Å². The second kappa shape index (κ2) is 37.7. The molecule has 0 aromatic rings. The molecule has 0 amide bonds. The van der Waals surface area contributed by atoms with Gasteiger partial charge in [-0.2, -0.15) is 0 Å². The first kappa shape index (κ1) is 104. The highest BCUT2D eigenvalue weighted by molar-refractivity contribution is 5.95. The molecule has 36 heteroatoms. The van der Waals surface area contributed by atoms with Crippen molar-refractivity contribution in [2.45, 2.75) is 340 Å². The Balaban J connectivity index is 0.000000137. The molecule has 21 fully saturated rings. The molecule has 0 aromatic heterocycles. The highest BCUT2D eigenvalue weighted by atomic mass is 16.7. The van der Waals surface area contributed by atoms with Gasteiger partial charge in [-0.05, 0) is 215 Å². The Morgan fingerprint density at radius 1 is 0.377 bits per heavy atom. The van der Waals surface area contributed by atoms with Crippen LogP contribution in [0.25, 0.3) is 0 Å². The lowest BCUT2D eigenvalue weighted by Crippen LogP contribution is -2.59. The van der Waals surface area contributed by atoms with Crippen LogP contribution < -0.4 is 0 Å². The molecule has 138 heavy (non-hydrogen) atoms. The van der Waals surface area contributed by atoms with Crippen LogP contribution in [-0.4, -0.2) is 213 Å². The number of hydrogen-bond donors (Lipinski definition) is 0. The van der Waals surface area contributed by atoms with Gasteiger partial charge in [-0.15, -0.1) is 0 Å². The smallest absolute Gasteiger partial charge is 0.350 e. The largest absolute Gasteiger partial charge is 0.458 e.